The average molecular weight is 401 g/mol. The summed E-state index contributed by atoms with van der Waals surface area (Å²) in [6, 6.07) is 14.9. The summed E-state index contributed by atoms with van der Waals surface area (Å²) in [5, 5.41) is 7.12. The highest BCUT2D eigenvalue weighted by molar-refractivity contribution is 7.17. The van der Waals surface area contributed by atoms with Crippen LogP contribution in [-0.4, -0.2) is 21.0 Å². The molecule has 3 heterocycles. The van der Waals surface area contributed by atoms with Crippen LogP contribution in [0.15, 0.2) is 60.2 Å². The van der Waals surface area contributed by atoms with Crippen LogP contribution in [-0.2, 0) is 0 Å². The lowest BCUT2D eigenvalue weighted by molar-refractivity contribution is 0.361. The van der Waals surface area contributed by atoms with Crippen molar-refractivity contribution in [1.29, 1.82) is 0 Å². The third kappa shape index (κ3) is 3.75. The van der Waals surface area contributed by atoms with Crippen molar-refractivity contribution in [2.75, 3.05) is 5.32 Å². The Morgan fingerprint density at radius 3 is 2.48 bits per heavy atom. The van der Waals surface area contributed by atoms with E-state index in [0.29, 0.717) is 6.04 Å². The van der Waals surface area contributed by atoms with Gasteiger partial charge in [-0.15, -0.1) is 11.3 Å². The molecule has 0 saturated heterocycles. The molecule has 5 rings (SSSR count). The standard InChI is InChI=1S/C24H24N4S/c1-16-9-11-19(12-10-16)26-23-21-20(17-6-3-2-4-7-17)15-29-24(21)28-22(27-23)18-8-5-13-25-14-18/h2-8,13-16,19H,9-12H2,1H3,(H,26,27,28). The van der Waals surface area contributed by atoms with Crippen LogP contribution in [0, 0.1) is 5.92 Å². The number of nitrogens with one attached hydrogen (secondary N) is 1. The van der Waals surface area contributed by atoms with E-state index in [1.54, 1.807) is 17.5 Å². The first-order chi connectivity index (χ1) is 14.3. The monoisotopic (exact) mass is 400 g/mol. The number of aromatic nitrogens is 3. The summed E-state index contributed by atoms with van der Waals surface area (Å²) in [5.41, 5.74) is 3.36. The van der Waals surface area contributed by atoms with Crippen LogP contribution in [0.25, 0.3) is 32.7 Å². The van der Waals surface area contributed by atoms with Crippen LogP contribution in [0.2, 0.25) is 0 Å². The van der Waals surface area contributed by atoms with Gasteiger partial charge in [-0.1, -0.05) is 37.3 Å². The number of anilines is 1. The minimum Gasteiger partial charge on any atom is -0.367 e. The summed E-state index contributed by atoms with van der Waals surface area (Å²) >= 11 is 1.68. The van der Waals surface area contributed by atoms with Gasteiger partial charge < -0.3 is 5.32 Å². The number of fused-ring (bicyclic) bond motifs is 1. The predicted molar refractivity (Wildman–Crippen MR) is 121 cm³/mol. The summed E-state index contributed by atoms with van der Waals surface area (Å²) in [4.78, 5) is 15.1. The second kappa shape index (κ2) is 7.91. The SMILES string of the molecule is CC1CCC(Nc2nc(-c3cccnc3)nc3scc(-c4ccccc4)c23)CC1. The van der Waals surface area contributed by atoms with Gasteiger partial charge in [-0.05, 0) is 49.3 Å². The van der Waals surface area contributed by atoms with E-state index in [1.165, 1.54) is 36.8 Å². The molecular formula is C24H24N4S. The molecule has 0 bridgehead atoms. The van der Waals surface area contributed by atoms with E-state index < -0.39 is 0 Å². The molecule has 5 heteroatoms. The molecule has 4 nitrogen and oxygen atoms in total. The van der Waals surface area contributed by atoms with E-state index in [2.05, 4.69) is 52.9 Å². The molecule has 3 aromatic heterocycles. The zero-order valence-corrected chi connectivity index (χ0v) is 17.3. The zero-order valence-electron chi connectivity index (χ0n) is 16.5. The number of hydrogen-bond acceptors (Lipinski definition) is 5. The van der Waals surface area contributed by atoms with Gasteiger partial charge in [0.2, 0.25) is 0 Å². The van der Waals surface area contributed by atoms with Crippen LogP contribution in [0.5, 0.6) is 0 Å². The molecule has 1 saturated carbocycles. The minimum absolute atomic E-state index is 0.467. The fraction of sp³-hybridized carbons (Fsp3) is 0.292. The third-order valence-electron chi connectivity index (χ3n) is 5.79. The third-order valence-corrected chi connectivity index (χ3v) is 6.67. The van der Waals surface area contributed by atoms with E-state index in [1.807, 2.05) is 18.3 Å². The van der Waals surface area contributed by atoms with Crippen molar-refractivity contribution in [2.24, 2.45) is 5.92 Å². The van der Waals surface area contributed by atoms with E-state index in [9.17, 15) is 0 Å². The highest BCUT2D eigenvalue weighted by atomic mass is 32.1. The maximum atomic E-state index is 4.99. The smallest absolute Gasteiger partial charge is 0.164 e. The van der Waals surface area contributed by atoms with Gasteiger partial charge in [-0.25, -0.2) is 9.97 Å². The van der Waals surface area contributed by atoms with Crippen molar-refractivity contribution in [3.63, 3.8) is 0 Å². The van der Waals surface area contributed by atoms with Crippen molar-refractivity contribution in [2.45, 2.75) is 38.6 Å². The molecule has 146 valence electrons. The van der Waals surface area contributed by atoms with Crippen LogP contribution < -0.4 is 5.32 Å². The second-order valence-corrected chi connectivity index (χ2v) is 8.79. The molecular weight excluding hydrogens is 376 g/mol. The Labute approximate surface area is 175 Å². The summed E-state index contributed by atoms with van der Waals surface area (Å²) < 4.78 is 0. The van der Waals surface area contributed by atoms with Crippen molar-refractivity contribution in [3.8, 4) is 22.5 Å². The molecule has 0 aliphatic heterocycles. The topological polar surface area (TPSA) is 50.7 Å². The number of nitrogens with zero attached hydrogens (tertiary/aromatic N) is 3. The molecule has 0 amide bonds. The van der Waals surface area contributed by atoms with Gasteiger partial charge in [-0.3, -0.25) is 4.98 Å². The normalized spacial score (nSPS) is 19.3. The largest absolute Gasteiger partial charge is 0.367 e. The number of pyridine rings is 1. The number of hydrogen-bond donors (Lipinski definition) is 1. The maximum absolute atomic E-state index is 4.99. The lowest BCUT2D eigenvalue weighted by Crippen LogP contribution is -2.25. The fourth-order valence-electron chi connectivity index (χ4n) is 4.10. The highest BCUT2D eigenvalue weighted by Gasteiger charge is 2.22. The Morgan fingerprint density at radius 1 is 0.931 bits per heavy atom. The fourth-order valence-corrected chi connectivity index (χ4v) is 5.05. The van der Waals surface area contributed by atoms with E-state index in [4.69, 9.17) is 9.97 Å². The molecule has 1 aromatic carbocycles. The molecule has 1 aliphatic rings. The molecule has 29 heavy (non-hydrogen) atoms. The predicted octanol–water partition coefficient (Wildman–Crippen LogP) is 6.41. The lowest BCUT2D eigenvalue weighted by atomic mass is 9.87. The summed E-state index contributed by atoms with van der Waals surface area (Å²) in [6.45, 7) is 2.35. The molecule has 0 unspecified atom stereocenters. The zero-order chi connectivity index (χ0) is 19.6. The van der Waals surface area contributed by atoms with Gasteiger partial charge >= 0.3 is 0 Å². The first-order valence-electron chi connectivity index (χ1n) is 10.3. The number of rotatable bonds is 4. The van der Waals surface area contributed by atoms with Crippen LogP contribution >= 0.6 is 11.3 Å². The summed E-state index contributed by atoms with van der Waals surface area (Å²) in [7, 11) is 0. The van der Waals surface area contributed by atoms with Gasteiger partial charge in [0.05, 0.1) is 5.39 Å². The van der Waals surface area contributed by atoms with Gasteiger partial charge in [0.1, 0.15) is 10.6 Å². The first kappa shape index (κ1) is 18.3. The Morgan fingerprint density at radius 2 is 1.72 bits per heavy atom. The number of benzene rings is 1. The summed E-state index contributed by atoms with van der Waals surface area (Å²) in [5.74, 6) is 2.51. The van der Waals surface area contributed by atoms with Crippen molar-refractivity contribution in [3.05, 3.63) is 60.2 Å². The molecule has 0 spiro atoms. The average Bonchev–Trinajstić information content (AvgIpc) is 3.21. The Balaban J connectivity index is 1.62. The molecule has 1 N–H and O–H groups in total. The Hall–Kier alpha value is -2.79. The first-order valence-corrected chi connectivity index (χ1v) is 11.2. The van der Waals surface area contributed by atoms with Gasteiger partial charge in [0.15, 0.2) is 5.82 Å². The minimum atomic E-state index is 0.467. The van der Waals surface area contributed by atoms with Gasteiger partial charge in [0.25, 0.3) is 0 Å². The molecule has 0 radical (unpaired) electrons. The van der Waals surface area contributed by atoms with Crippen LogP contribution in [0.4, 0.5) is 5.82 Å². The molecule has 1 aliphatic carbocycles. The van der Waals surface area contributed by atoms with E-state index in [0.717, 1.165) is 33.3 Å². The number of thiophene rings is 1. The maximum Gasteiger partial charge on any atom is 0.164 e. The van der Waals surface area contributed by atoms with Crippen molar-refractivity contribution >= 4 is 27.4 Å². The van der Waals surface area contributed by atoms with Crippen molar-refractivity contribution in [1.82, 2.24) is 15.0 Å². The molecule has 0 atom stereocenters. The van der Waals surface area contributed by atoms with Gasteiger partial charge in [-0.2, -0.15) is 0 Å². The molecule has 4 aromatic rings. The Kier molecular flexibility index (Phi) is 4.98. The van der Waals surface area contributed by atoms with Gasteiger partial charge in [0, 0.05) is 34.9 Å². The molecule has 1 fully saturated rings. The van der Waals surface area contributed by atoms with Crippen LogP contribution in [0.3, 0.4) is 0 Å². The summed E-state index contributed by atoms with van der Waals surface area (Å²) in [6.07, 6.45) is 8.55. The second-order valence-electron chi connectivity index (χ2n) is 7.93. The van der Waals surface area contributed by atoms with E-state index in [-0.39, 0.29) is 0 Å². The quantitative estimate of drug-likeness (QED) is 0.430. The van der Waals surface area contributed by atoms with Crippen LogP contribution in [0.1, 0.15) is 32.6 Å². The van der Waals surface area contributed by atoms with E-state index >= 15 is 0 Å². The highest BCUT2D eigenvalue weighted by Crippen LogP contribution is 2.39. The lowest BCUT2D eigenvalue weighted by Gasteiger charge is -2.27. The Bertz CT molecular complexity index is 1100. The van der Waals surface area contributed by atoms with Crippen molar-refractivity contribution < 1.29 is 0 Å².